The number of benzene rings is 1. The Labute approximate surface area is 133 Å². The minimum absolute atomic E-state index is 0.315. The molecule has 1 N–H and O–H groups in total. The molecule has 1 aromatic carbocycles. The van der Waals surface area contributed by atoms with Gasteiger partial charge in [0.05, 0.1) is 10.6 Å². The van der Waals surface area contributed by atoms with Crippen LogP contribution >= 0.6 is 11.6 Å². The normalized spacial score (nSPS) is 15.6. The fourth-order valence-electron chi connectivity index (χ4n) is 2.63. The summed E-state index contributed by atoms with van der Waals surface area (Å²) >= 11 is 6.08. The van der Waals surface area contributed by atoms with E-state index in [-0.39, 0.29) is 5.95 Å². The van der Waals surface area contributed by atoms with Gasteiger partial charge in [-0.15, -0.1) is 0 Å². The van der Waals surface area contributed by atoms with Gasteiger partial charge < -0.3 is 5.11 Å². The molecule has 1 saturated heterocycles. The van der Waals surface area contributed by atoms with E-state index in [1.54, 1.807) is 24.3 Å². The number of rotatable bonds is 2. The minimum Gasteiger partial charge on any atom is -0.473 e. The number of aromatic nitrogens is 2. The summed E-state index contributed by atoms with van der Waals surface area (Å²) in [6, 6.07) is 6.77. The lowest BCUT2D eigenvalue weighted by molar-refractivity contribution is -1.26. The lowest BCUT2D eigenvalue weighted by Crippen LogP contribution is -2.78. The second-order valence-electron chi connectivity index (χ2n) is 5.30. The van der Waals surface area contributed by atoms with Crippen LogP contribution in [0.4, 0.5) is 0 Å². The molecule has 3 rings (SSSR count). The van der Waals surface area contributed by atoms with Gasteiger partial charge in [-0.05, 0) is 42.8 Å². The van der Waals surface area contributed by atoms with Crippen molar-refractivity contribution in [1.29, 1.82) is 0 Å². The van der Waals surface area contributed by atoms with Crippen molar-refractivity contribution in [2.75, 3.05) is 18.1 Å². The maximum absolute atomic E-state index is 12.7. The van der Waals surface area contributed by atoms with Crippen LogP contribution in [0.3, 0.4) is 0 Å². The highest BCUT2D eigenvalue weighted by atomic mass is 35.5. The molecule has 0 amide bonds. The fraction of sp³-hybridized carbons (Fsp3) is 0.400. The molecule has 0 atom stereocenters. The smallest absolute Gasteiger partial charge is 0.449 e. The fourth-order valence-corrected chi connectivity index (χ4v) is 2.85. The molecule has 22 heavy (non-hydrogen) atoms. The van der Waals surface area contributed by atoms with Crippen molar-refractivity contribution in [2.24, 2.45) is 0 Å². The topological polar surface area (TPSA) is 61.4 Å². The average molecular weight is 324 g/mol. The molecule has 1 fully saturated rings. The van der Waals surface area contributed by atoms with Gasteiger partial charge in [-0.2, -0.15) is 4.52 Å². The van der Waals surface area contributed by atoms with Crippen LogP contribution < -0.4 is 14.7 Å². The van der Waals surface area contributed by atoms with Gasteiger partial charge in [-0.25, -0.2) is 4.79 Å². The Balaban J connectivity index is 1.97. The van der Waals surface area contributed by atoms with Gasteiger partial charge in [-0.1, -0.05) is 23.7 Å². The molecule has 0 bridgehead atoms. The number of carbonyl (C=O) groups is 1. The maximum Gasteiger partial charge on any atom is 0.449 e. The van der Waals surface area contributed by atoms with Crippen molar-refractivity contribution in [1.82, 2.24) is 0 Å². The number of hydrogen-bond acceptors (Lipinski definition) is 4. The lowest BCUT2D eigenvalue weighted by Gasteiger charge is -2.04. The van der Waals surface area contributed by atoms with Crippen LogP contribution in [0.1, 0.15) is 36.0 Å². The molecule has 116 valence electrons. The van der Waals surface area contributed by atoms with E-state index in [0.29, 0.717) is 10.6 Å². The molecule has 7 heteroatoms. The van der Waals surface area contributed by atoms with Crippen LogP contribution in [0.5, 0.6) is 5.95 Å². The summed E-state index contributed by atoms with van der Waals surface area (Å²) in [7, 11) is 0. The standard InChI is InChI=1S/C15H17ClN3O3/c16-13-8-4-3-7-12(13)15(21)19-18(11-14(20)22-19)17-9-5-1-2-6-10-17/h3-4,7-8,11H,1-2,5-6,9-10H2/q+1/p+1. The summed E-state index contributed by atoms with van der Waals surface area (Å²) in [4.78, 5) is 15.2. The first kappa shape index (κ1) is 14.8. The number of halogens is 1. The van der Waals surface area contributed by atoms with E-state index in [0.717, 1.165) is 30.8 Å². The number of hydrogen-bond donors (Lipinski definition) is 1. The molecule has 1 aromatic heterocycles. The Kier molecular flexibility index (Phi) is 4.29. The zero-order valence-corrected chi connectivity index (χ0v) is 12.9. The van der Waals surface area contributed by atoms with Gasteiger partial charge in [0.1, 0.15) is 13.1 Å². The first-order valence-electron chi connectivity index (χ1n) is 7.38. The molecule has 1 aliphatic rings. The van der Waals surface area contributed by atoms with Crippen molar-refractivity contribution in [2.45, 2.75) is 25.7 Å². The minimum atomic E-state index is -0.421. The summed E-state index contributed by atoms with van der Waals surface area (Å²) in [6.07, 6.45) is 5.82. The van der Waals surface area contributed by atoms with Crippen molar-refractivity contribution < 1.29 is 24.1 Å². The van der Waals surface area contributed by atoms with Gasteiger partial charge in [0.25, 0.3) is 0 Å². The first-order valence-corrected chi connectivity index (χ1v) is 7.76. The molecule has 2 aromatic rings. The third-order valence-corrected chi connectivity index (χ3v) is 4.07. The maximum atomic E-state index is 12.7. The molecule has 6 nitrogen and oxygen atoms in total. The van der Waals surface area contributed by atoms with Crippen molar-refractivity contribution >= 4 is 17.5 Å². The van der Waals surface area contributed by atoms with Gasteiger partial charge in [0.15, 0.2) is 4.79 Å². The van der Waals surface area contributed by atoms with E-state index in [2.05, 4.69) is 0 Å². The highest BCUT2D eigenvalue weighted by Gasteiger charge is 2.39. The van der Waals surface area contributed by atoms with E-state index >= 15 is 0 Å². The average Bonchev–Trinajstić information content (AvgIpc) is 2.74. The molecular weight excluding hydrogens is 306 g/mol. The molecule has 1 aliphatic heterocycles. The van der Waals surface area contributed by atoms with Gasteiger partial charge >= 0.3 is 18.1 Å². The zero-order chi connectivity index (χ0) is 15.5. The predicted octanol–water partition coefficient (Wildman–Crippen LogP) is 1.41. The summed E-state index contributed by atoms with van der Waals surface area (Å²) in [5.74, 6) is -0.736. The highest BCUT2D eigenvalue weighted by molar-refractivity contribution is 6.33. The lowest BCUT2D eigenvalue weighted by atomic mass is 10.2. The summed E-state index contributed by atoms with van der Waals surface area (Å²) < 4.78 is 5.17. The first-order chi connectivity index (χ1) is 10.7. The van der Waals surface area contributed by atoms with E-state index in [1.165, 1.54) is 23.8 Å². The molecular formula is C15H18ClN3O3+2. The second-order valence-corrected chi connectivity index (χ2v) is 5.71. The van der Waals surface area contributed by atoms with Crippen LogP contribution in [0, 0.1) is 0 Å². The number of nitrogens with zero attached hydrogens (tertiary/aromatic N) is 3. The van der Waals surface area contributed by atoms with Crippen molar-refractivity contribution in [3.63, 3.8) is 0 Å². The zero-order valence-electron chi connectivity index (χ0n) is 12.1. The largest absolute Gasteiger partial charge is 0.473 e. The summed E-state index contributed by atoms with van der Waals surface area (Å²) in [5.41, 5.74) is 0.326. The molecule has 0 radical (unpaired) electrons. The quantitative estimate of drug-likeness (QED) is 0.849. The van der Waals surface area contributed by atoms with Crippen LogP contribution in [0.25, 0.3) is 0 Å². The van der Waals surface area contributed by atoms with Crippen LogP contribution in [0.15, 0.2) is 35.0 Å². The van der Waals surface area contributed by atoms with E-state index in [1.807, 2.05) is 5.01 Å². The predicted molar refractivity (Wildman–Crippen MR) is 78.4 cm³/mol. The van der Waals surface area contributed by atoms with Crippen molar-refractivity contribution in [3.8, 4) is 5.95 Å². The van der Waals surface area contributed by atoms with E-state index in [9.17, 15) is 9.90 Å². The Morgan fingerprint density at radius 1 is 1.18 bits per heavy atom. The third kappa shape index (κ3) is 2.92. The van der Waals surface area contributed by atoms with Gasteiger partial charge in [-0.3, -0.25) is 0 Å². The highest BCUT2D eigenvalue weighted by Crippen LogP contribution is 2.14. The third-order valence-electron chi connectivity index (χ3n) is 3.74. The molecule has 0 aliphatic carbocycles. The Morgan fingerprint density at radius 3 is 2.55 bits per heavy atom. The second kappa shape index (κ2) is 6.36. The molecule has 0 unspecified atom stereocenters. The van der Waals surface area contributed by atoms with Crippen LogP contribution in [-0.2, 0) is 0 Å². The van der Waals surface area contributed by atoms with Gasteiger partial charge in [0, 0.05) is 0 Å². The number of carbonyl (C=O) groups excluding carboxylic acids is 1. The Bertz CT molecular complexity index is 678. The van der Waals surface area contributed by atoms with E-state index in [4.69, 9.17) is 16.1 Å². The molecule has 0 saturated carbocycles. The molecule has 0 spiro atoms. The Morgan fingerprint density at radius 2 is 1.86 bits per heavy atom. The number of aromatic hydroxyl groups is 1. The van der Waals surface area contributed by atoms with Crippen LogP contribution in [0.2, 0.25) is 5.02 Å². The van der Waals surface area contributed by atoms with Crippen molar-refractivity contribution in [3.05, 3.63) is 41.0 Å². The van der Waals surface area contributed by atoms with Gasteiger partial charge in [0.2, 0.25) is 4.85 Å². The van der Waals surface area contributed by atoms with E-state index < -0.39 is 5.91 Å². The summed E-state index contributed by atoms with van der Waals surface area (Å²) in [5, 5.41) is 12.0. The SMILES string of the molecule is O=C(c1ccccc1Cl)[n+]1oc(O)c[n+]1N1CCCCCC1. The summed E-state index contributed by atoms with van der Waals surface area (Å²) in [6.45, 7) is 1.61. The molecule has 2 heterocycles. The van der Waals surface area contributed by atoms with Crippen LogP contribution in [-0.4, -0.2) is 24.1 Å². The monoisotopic (exact) mass is 323 g/mol. The Hall–Kier alpha value is -2.08.